The molecule has 13 heteroatoms. The maximum atomic E-state index is 14.4. The van der Waals surface area contributed by atoms with Crippen molar-refractivity contribution in [2.24, 2.45) is 5.16 Å². The number of furan rings is 1. The highest BCUT2D eigenvalue weighted by molar-refractivity contribution is 8.00. The Hall–Kier alpha value is -5.66. The van der Waals surface area contributed by atoms with Crippen molar-refractivity contribution < 1.29 is 42.6 Å². The summed E-state index contributed by atoms with van der Waals surface area (Å²) in [5.41, 5.74) is -1.89. The van der Waals surface area contributed by atoms with Gasteiger partial charge >= 0.3 is 11.9 Å². The van der Waals surface area contributed by atoms with Gasteiger partial charge in [0.15, 0.2) is 5.76 Å². The Bertz CT molecular complexity index is 1930. The van der Waals surface area contributed by atoms with Crippen molar-refractivity contribution in [3.8, 4) is 0 Å². The molecule has 0 spiro atoms. The summed E-state index contributed by atoms with van der Waals surface area (Å²) in [7, 11) is 1.28. The van der Waals surface area contributed by atoms with Crippen molar-refractivity contribution in [3.05, 3.63) is 143 Å². The van der Waals surface area contributed by atoms with E-state index in [9.17, 15) is 19.2 Å². The van der Waals surface area contributed by atoms with Gasteiger partial charge in [0.25, 0.3) is 17.5 Å². The lowest BCUT2D eigenvalue weighted by atomic mass is 9.80. The Morgan fingerprint density at radius 2 is 1.47 bits per heavy atom. The van der Waals surface area contributed by atoms with Gasteiger partial charge in [-0.2, -0.15) is 0 Å². The van der Waals surface area contributed by atoms with Crippen molar-refractivity contribution in [1.29, 1.82) is 0 Å². The fraction of sp³-hybridized carbons (Fsp3) is 0.275. The van der Waals surface area contributed by atoms with E-state index in [2.05, 4.69) is 10.5 Å². The molecule has 1 N–H and O–H groups in total. The largest absolute Gasteiger partial charge is 0.462 e. The van der Waals surface area contributed by atoms with Gasteiger partial charge in [0, 0.05) is 42.0 Å². The van der Waals surface area contributed by atoms with Gasteiger partial charge < -0.3 is 28.8 Å². The van der Waals surface area contributed by atoms with Gasteiger partial charge in [-0.25, -0.2) is 4.79 Å². The minimum atomic E-state index is -1.93. The van der Waals surface area contributed by atoms with E-state index >= 15 is 0 Å². The molecule has 3 heterocycles. The maximum absolute atomic E-state index is 14.4. The molecule has 2 atom stereocenters. The quantitative estimate of drug-likeness (QED) is 0.0492. The molecule has 12 nitrogen and oxygen atoms in total. The van der Waals surface area contributed by atoms with E-state index in [0.29, 0.717) is 5.57 Å². The molecular weight excluding hydrogens is 699 g/mol. The number of amides is 2. The van der Waals surface area contributed by atoms with E-state index < -0.39 is 46.1 Å². The predicted molar refractivity (Wildman–Crippen MR) is 196 cm³/mol. The Morgan fingerprint density at radius 3 is 1.94 bits per heavy atom. The molecule has 53 heavy (non-hydrogen) atoms. The Morgan fingerprint density at radius 1 is 0.906 bits per heavy atom. The van der Waals surface area contributed by atoms with E-state index in [1.807, 2.05) is 91.0 Å². The van der Waals surface area contributed by atoms with E-state index in [4.69, 9.17) is 23.5 Å². The molecule has 1 aromatic heterocycles. The number of esters is 2. The number of fused-ring (bicyclic) bond motifs is 1. The summed E-state index contributed by atoms with van der Waals surface area (Å²) in [6.45, 7) is 6.12. The number of carbonyl (C=O) groups excluding carboxylic acids is 4. The third-order valence-electron chi connectivity index (χ3n) is 8.56. The van der Waals surface area contributed by atoms with Crippen molar-refractivity contribution in [1.82, 2.24) is 10.2 Å². The second-order valence-corrected chi connectivity index (χ2v) is 14.3. The minimum absolute atomic E-state index is 0.0646. The number of thioether (sulfide) groups is 1. The summed E-state index contributed by atoms with van der Waals surface area (Å²) >= 11 is 1.22. The van der Waals surface area contributed by atoms with Crippen molar-refractivity contribution in [2.45, 2.75) is 50.0 Å². The molecule has 1 saturated heterocycles. The van der Waals surface area contributed by atoms with E-state index in [1.54, 1.807) is 32.9 Å². The zero-order valence-electron chi connectivity index (χ0n) is 29.9. The summed E-state index contributed by atoms with van der Waals surface area (Å²) in [6.07, 6.45) is 1.39. The van der Waals surface area contributed by atoms with Crippen LogP contribution >= 0.6 is 11.8 Å². The predicted octanol–water partition coefficient (Wildman–Crippen LogP) is 5.53. The molecule has 0 aliphatic carbocycles. The number of β-lactam (4-membered cyclic amide) rings is 1. The molecule has 2 aliphatic rings. The number of nitrogens with zero attached hydrogens (tertiary/aromatic N) is 2. The topological polar surface area (TPSA) is 146 Å². The highest BCUT2D eigenvalue weighted by Gasteiger charge is 2.67. The summed E-state index contributed by atoms with van der Waals surface area (Å²) in [6, 6.07) is 31.6. The molecule has 0 radical (unpaired) electrons. The summed E-state index contributed by atoms with van der Waals surface area (Å²) in [5.74, 6) is -2.67. The molecule has 3 aromatic carbocycles. The molecule has 0 unspecified atom stereocenters. The van der Waals surface area contributed by atoms with E-state index in [-0.39, 0.29) is 29.5 Å². The molecule has 0 bridgehead atoms. The van der Waals surface area contributed by atoms with Crippen molar-refractivity contribution in [2.75, 3.05) is 19.5 Å². The highest BCUT2D eigenvalue weighted by atomic mass is 32.2. The lowest BCUT2D eigenvalue weighted by Crippen LogP contribution is -2.81. The minimum Gasteiger partial charge on any atom is -0.462 e. The number of methoxy groups -OCH3 is 1. The molecule has 0 saturated carbocycles. The number of oxime groups is 1. The third kappa shape index (κ3) is 7.22. The van der Waals surface area contributed by atoms with Gasteiger partial charge in [-0.15, -0.1) is 11.8 Å². The Balaban J connectivity index is 1.39. The average Bonchev–Trinajstić information content (AvgIpc) is 3.69. The lowest BCUT2D eigenvalue weighted by Gasteiger charge is -2.56. The van der Waals surface area contributed by atoms with Gasteiger partial charge in [0.05, 0.1) is 6.26 Å². The van der Waals surface area contributed by atoms with Gasteiger partial charge in [0.1, 0.15) is 23.3 Å². The van der Waals surface area contributed by atoms with E-state index in [0.717, 1.165) is 16.7 Å². The zero-order valence-corrected chi connectivity index (χ0v) is 30.7. The smallest absolute Gasteiger partial charge is 0.355 e. The zero-order chi connectivity index (χ0) is 37.8. The van der Waals surface area contributed by atoms with Crippen molar-refractivity contribution in [3.63, 3.8) is 0 Å². The van der Waals surface area contributed by atoms with Gasteiger partial charge in [-0.3, -0.25) is 19.3 Å². The molecule has 1 fully saturated rings. The standard InChI is InChI=1S/C40H39N3O9S/c1-26(44)50-24-27-25-53-37-40(48-5,36(47)43(37)33(27)35(46)51-38(2,3)4)41-34(45)32(31-22-15-23-49-31)42-52-39(28-16-9-6-10-17-28,29-18-11-7-12-19-29)30-20-13-8-14-21-30/h6-23,37H,24-25H2,1-5H3,(H,41,45)/t37-,40+/m1/s1. The highest BCUT2D eigenvalue weighted by Crippen LogP contribution is 2.47. The monoisotopic (exact) mass is 737 g/mol. The van der Waals surface area contributed by atoms with Crippen LogP contribution in [-0.2, 0) is 43.8 Å². The van der Waals surface area contributed by atoms with Crippen LogP contribution in [0.4, 0.5) is 0 Å². The number of benzene rings is 3. The second kappa shape index (κ2) is 15.1. The first-order valence-corrected chi connectivity index (χ1v) is 17.8. The normalized spacial score (nSPS) is 18.8. The van der Waals surface area contributed by atoms with Crippen LogP contribution in [0.15, 0.2) is 130 Å². The van der Waals surface area contributed by atoms with Crippen molar-refractivity contribution >= 4 is 41.2 Å². The van der Waals surface area contributed by atoms with Crippen LogP contribution < -0.4 is 5.32 Å². The molecule has 2 aliphatic heterocycles. The van der Waals surface area contributed by atoms with Crippen LogP contribution in [0, 0.1) is 0 Å². The van der Waals surface area contributed by atoms with Gasteiger partial charge in [0.2, 0.25) is 11.3 Å². The number of rotatable bonds is 12. The Kier molecular flexibility index (Phi) is 10.6. The van der Waals surface area contributed by atoms with Crippen LogP contribution in [0.3, 0.4) is 0 Å². The summed E-state index contributed by atoms with van der Waals surface area (Å²) in [5, 5.41) is 6.34. The van der Waals surface area contributed by atoms with Gasteiger partial charge in [-0.1, -0.05) is 96.2 Å². The summed E-state index contributed by atoms with van der Waals surface area (Å²) in [4.78, 5) is 61.5. The molecule has 4 aromatic rings. The fourth-order valence-corrected chi connectivity index (χ4v) is 7.61. The molecule has 274 valence electrons. The van der Waals surface area contributed by atoms with Crippen LogP contribution in [0.1, 0.15) is 50.1 Å². The second-order valence-electron chi connectivity index (χ2n) is 13.3. The van der Waals surface area contributed by atoms with Gasteiger partial charge in [-0.05, 0) is 32.9 Å². The fourth-order valence-electron chi connectivity index (χ4n) is 6.19. The van der Waals surface area contributed by atoms with Crippen LogP contribution in [0.2, 0.25) is 0 Å². The molecule has 6 rings (SSSR count). The summed E-state index contributed by atoms with van der Waals surface area (Å²) < 4.78 is 22.3. The van der Waals surface area contributed by atoms with E-state index in [1.165, 1.54) is 37.0 Å². The molecular formula is C40H39N3O9S. The number of hydrogen-bond acceptors (Lipinski definition) is 11. The number of ether oxygens (including phenoxy) is 3. The molecule has 2 amide bonds. The first kappa shape index (κ1) is 37.1. The third-order valence-corrected chi connectivity index (χ3v) is 9.93. The first-order chi connectivity index (χ1) is 25.4. The SMILES string of the molecule is CO[C@@]1(NC(=O)C(=NOC(c2ccccc2)(c2ccccc2)c2ccccc2)c2ccco2)C(=O)N2C(C(=O)OC(C)(C)C)=C(COC(C)=O)CS[C@@H]21. The maximum Gasteiger partial charge on any atom is 0.355 e. The van der Waals surface area contributed by atoms with Crippen LogP contribution in [0.25, 0.3) is 0 Å². The Labute approximate surface area is 311 Å². The number of carbonyl (C=O) groups is 4. The first-order valence-electron chi connectivity index (χ1n) is 16.8. The average molecular weight is 738 g/mol. The van der Waals surface area contributed by atoms with Crippen LogP contribution in [0.5, 0.6) is 0 Å². The lowest BCUT2D eigenvalue weighted by molar-refractivity contribution is -0.193. The number of nitrogens with one attached hydrogen (secondary N) is 1. The number of hydrogen-bond donors (Lipinski definition) is 1. The van der Waals surface area contributed by atoms with Crippen LogP contribution in [-0.4, -0.2) is 70.5 Å².